The summed E-state index contributed by atoms with van der Waals surface area (Å²) in [6, 6.07) is 23.0. The van der Waals surface area contributed by atoms with E-state index in [4.69, 9.17) is 11.6 Å². The SMILES string of the molecule is O=C(CSCC(=O)N1c2ccccc2CCc2ccccc21)Nc1ccc(Cl)cc1. The van der Waals surface area contributed by atoms with Gasteiger partial charge in [0.25, 0.3) is 0 Å². The van der Waals surface area contributed by atoms with Gasteiger partial charge in [-0.2, -0.15) is 0 Å². The van der Waals surface area contributed by atoms with Crippen LogP contribution in [0.1, 0.15) is 11.1 Å². The summed E-state index contributed by atoms with van der Waals surface area (Å²) in [6.45, 7) is 0. The Morgan fingerprint density at radius 3 is 2.00 bits per heavy atom. The molecule has 30 heavy (non-hydrogen) atoms. The molecule has 0 aromatic heterocycles. The molecule has 0 unspecified atom stereocenters. The van der Waals surface area contributed by atoms with Crippen molar-refractivity contribution in [2.45, 2.75) is 12.8 Å². The first kappa shape index (κ1) is 20.5. The van der Waals surface area contributed by atoms with Crippen LogP contribution in [0.25, 0.3) is 0 Å². The standard InChI is InChI=1S/C24H21ClN2O2S/c25-19-11-13-20(14-12-19)26-23(28)15-30-16-24(29)27-21-7-3-1-5-17(21)9-10-18-6-2-4-8-22(18)27/h1-8,11-14H,9-10,15-16H2,(H,26,28). The number of nitrogens with zero attached hydrogens (tertiary/aromatic N) is 1. The lowest BCUT2D eigenvalue weighted by Crippen LogP contribution is -2.29. The largest absolute Gasteiger partial charge is 0.325 e. The Balaban J connectivity index is 1.44. The molecule has 4 rings (SSSR count). The third-order valence-electron chi connectivity index (χ3n) is 4.96. The molecule has 1 N–H and O–H groups in total. The molecule has 0 aliphatic carbocycles. The zero-order valence-corrected chi connectivity index (χ0v) is 17.9. The van der Waals surface area contributed by atoms with Gasteiger partial charge in [-0.05, 0) is 60.4 Å². The Hall–Kier alpha value is -2.76. The third kappa shape index (κ3) is 4.69. The number of carbonyl (C=O) groups excluding carboxylic acids is 2. The van der Waals surface area contributed by atoms with Gasteiger partial charge in [-0.25, -0.2) is 0 Å². The molecular weight excluding hydrogens is 416 g/mol. The van der Waals surface area contributed by atoms with Crippen LogP contribution in [0.15, 0.2) is 72.8 Å². The second kappa shape index (κ2) is 9.37. The molecular formula is C24H21ClN2O2S. The van der Waals surface area contributed by atoms with E-state index < -0.39 is 0 Å². The van der Waals surface area contributed by atoms with Gasteiger partial charge in [0, 0.05) is 10.7 Å². The predicted octanol–water partition coefficient (Wildman–Crippen LogP) is 5.48. The van der Waals surface area contributed by atoms with Gasteiger partial charge in [0.15, 0.2) is 0 Å². The lowest BCUT2D eigenvalue weighted by atomic mass is 10.0. The number of fused-ring (bicyclic) bond motifs is 2. The van der Waals surface area contributed by atoms with E-state index in [0.29, 0.717) is 10.7 Å². The number of hydrogen-bond acceptors (Lipinski definition) is 3. The molecule has 0 saturated carbocycles. The highest BCUT2D eigenvalue weighted by Crippen LogP contribution is 2.36. The Morgan fingerprint density at radius 2 is 1.40 bits per heavy atom. The van der Waals surface area contributed by atoms with Crippen molar-refractivity contribution in [1.82, 2.24) is 0 Å². The van der Waals surface area contributed by atoms with Crippen LogP contribution in [-0.4, -0.2) is 23.3 Å². The van der Waals surface area contributed by atoms with Crippen molar-refractivity contribution in [2.75, 3.05) is 21.7 Å². The van der Waals surface area contributed by atoms with Gasteiger partial charge in [-0.3, -0.25) is 14.5 Å². The molecule has 0 bridgehead atoms. The summed E-state index contributed by atoms with van der Waals surface area (Å²) in [5.74, 6) is 0.246. The normalized spacial score (nSPS) is 12.5. The summed E-state index contributed by atoms with van der Waals surface area (Å²) in [4.78, 5) is 27.2. The van der Waals surface area contributed by atoms with Crippen LogP contribution in [0.5, 0.6) is 0 Å². The van der Waals surface area contributed by atoms with E-state index in [1.807, 2.05) is 41.3 Å². The van der Waals surface area contributed by atoms with E-state index in [-0.39, 0.29) is 23.3 Å². The number of amides is 2. The summed E-state index contributed by atoms with van der Waals surface area (Å²) in [5, 5.41) is 3.44. The number of thioether (sulfide) groups is 1. The van der Waals surface area contributed by atoms with E-state index in [0.717, 1.165) is 35.3 Å². The molecule has 0 spiro atoms. The molecule has 152 valence electrons. The number of benzene rings is 3. The average Bonchev–Trinajstić information content (AvgIpc) is 2.92. The van der Waals surface area contributed by atoms with Crippen LogP contribution in [-0.2, 0) is 22.4 Å². The Bertz CT molecular complexity index is 1020. The third-order valence-corrected chi connectivity index (χ3v) is 6.13. The minimum Gasteiger partial charge on any atom is -0.325 e. The molecule has 0 radical (unpaired) electrons. The van der Waals surface area contributed by atoms with Gasteiger partial charge in [0.05, 0.1) is 22.9 Å². The zero-order chi connectivity index (χ0) is 20.9. The van der Waals surface area contributed by atoms with Crippen molar-refractivity contribution >= 4 is 52.2 Å². The fraction of sp³-hybridized carbons (Fsp3) is 0.167. The summed E-state index contributed by atoms with van der Waals surface area (Å²) >= 11 is 7.18. The first-order valence-electron chi connectivity index (χ1n) is 9.74. The first-order chi connectivity index (χ1) is 14.6. The van der Waals surface area contributed by atoms with Crippen molar-refractivity contribution in [3.8, 4) is 0 Å². The van der Waals surface area contributed by atoms with Crippen LogP contribution in [0.2, 0.25) is 5.02 Å². The van der Waals surface area contributed by atoms with E-state index in [2.05, 4.69) is 17.4 Å². The van der Waals surface area contributed by atoms with Crippen molar-refractivity contribution in [3.05, 3.63) is 88.9 Å². The fourth-order valence-corrected chi connectivity index (χ4v) is 4.36. The van der Waals surface area contributed by atoms with Gasteiger partial charge in [-0.1, -0.05) is 48.0 Å². The van der Waals surface area contributed by atoms with E-state index in [1.165, 1.54) is 11.8 Å². The number of aryl methyl sites for hydroxylation is 2. The quantitative estimate of drug-likeness (QED) is 0.576. The average molecular weight is 437 g/mol. The number of hydrogen-bond donors (Lipinski definition) is 1. The number of anilines is 3. The molecule has 0 fully saturated rings. The van der Waals surface area contributed by atoms with E-state index >= 15 is 0 Å². The van der Waals surface area contributed by atoms with E-state index in [9.17, 15) is 9.59 Å². The molecule has 1 aliphatic rings. The van der Waals surface area contributed by atoms with Crippen LogP contribution in [0.3, 0.4) is 0 Å². The van der Waals surface area contributed by atoms with Crippen LogP contribution in [0.4, 0.5) is 17.1 Å². The van der Waals surface area contributed by atoms with Gasteiger partial charge in [-0.15, -0.1) is 11.8 Å². The van der Waals surface area contributed by atoms with Gasteiger partial charge in [0.1, 0.15) is 0 Å². The smallest absolute Gasteiger partial charge is 0.241 e. The van der Waals surface area contributed by atoms with Crippen LogP contribution >= 0.6 is 23.4 Å². The maximum absolute atomic E-state index is 13.2. The van der Waals surface area contributed by atoms with Gasteiger partial charge >= 0.3 is 0 Å². The second-order valence-corrected chi connectivity index (χ2v) is 8.46. The summed E-state index contributed by atoms with van der Waals surface area (Å²) in [5.41, 5.74) is 4.86. The molecule has 3 aromatic carbocycles. The highest BCUT2D eigenvalue weighted by molar-refractivity contribution is 8.00. The topological polar surface area (TPSA) is 49.4 Å². The van der Waals surface area contributed by atoms with Crippen molar-refractivity contribution in [3.63, 3.8) is 0 Å². The molecule has 1 heterocycles. The summed E-state index contributed by atoms with van der Waals surface area (Å²) in [6.07, 6.45) is 1.79. The molecule has 4 nitrogen and oxygen atoms in total. The maximum Gasteiger partial charge on any atom is 0.241 e. The number of halogens is 1. The van der Waals surface area contributed by atoms with Crippen molar-refractivity contribution in [2.24, 2.45) is 0 Å². The Labute approximate surface area is 185 Å². The molecule has 0 saturated heterocycles. The first-order valence-corrected chi connectivity index (χ1v) is 11.3. The highest BCUT2D eigenvalue weighted by atomic mass is 35.5. The van der Waals surface area contributed by atoms with Gasteiger partial charge in [0.2, 0.25) is 11.8 Å². The summed E-state index contributed by atoms with van der Waals surface area (Å²) in [7, 11) is 0. The minimum atomic E-state index is -0.146. The zero-order valence-electron chi connectivity index (χ0n) is 16.3. The predicted molar refractivity (Wildman–Crippen MR) is 125 cm³/mol. The van der Waals surface area contributed by atoms with Crippen LogP contribution < -0.4 is 10.2 Å². The highest BCUT2D eigenvalue weighted by Gasteiger charge is 2.25. The molecule has 6 heteroatoms. The number of carbonyl (C=O) groups is 2. The minimum absolute atomic E-state index is 0.0268. The molecule has 3 aromatic rings. The van der Waals surface area contributed by atoms with Crippen LogP contribution in [0, 0.1) is 0 Å². The Kier molecular flexibility index (Phi) is 6.41. The number of nitrogens with one attached hydrogen (secondary N) is 1. The molecule has 1 aliphatic heterocycles. The van der Waals surface area contributed by atoms with E-state index in [1.54, 1.807) is 24.3 Å². The Morgan fingerprint density at radius 1 is 0.833 bits per heavy atom. The lowest BCUT2D eigenvalue weighted by molar-refractivity contribution is -0.115. The molecule has 0 atom stereocenters. The van der Waals surface area contributed by atoms with Crippen molar-refractivity contribution in [1.29, 1.82) is 0 Å². The number of para-hydroxylation sites is 2. The number of rotatable bonds is 5. The van der Waals surface area contributed by atoms with Crippen molar-refractivity contribution < 1.29 is 9.59 Å². The lowest BCUT2D eigenvalue weighted by Gasteiger charge is -2.25. The maximum atomic E-state index is 13.2. The summed E-state index contributed by atoms with van der Waals surface area (Å²) < 4.78 is 0. The fourth-order valence-electron chi connectivity index (χ4n) is 3.57. The second-order valence-electron chi connectivity index (χ2n) is 7.03. The molecule has 2 amide bonds. The van der Waals surface area contributed by atoms with Gasteiger partial charge < -0.3 is 5.32 Å². The monoisotopic (exact) mass is 436 g/mol.